The largest absolute Gasteiger partial charge is 0.353 e. The van der Waals surface area contributed by atoms with Crippen molar-refractivity contribution in [3.8, 4) is 0 Å². The first-order valence-electron chi connectivity index (χ1n) is 9.31. The third-order valence-corrected chi connectivity index (χ3v) is 4.60. The second kappa shape index (κ2) is 7.64. The predicted octanol–water partition coefficient (Wildman–Crippen LogP) is 1.45. The van der Waals surface area contributed by atoms with E-state index in [2.05, 4.69) is 37.2 Å². The van der Waals surface area contributed by atoms with Gasteiger partial charge in [-0.15, -0.1) is 5.10 Å². The lowest BCUT2D eigenvalue weighted by Gasteiger charge is -2.35. The second-order valence-electron chi connectivity index (χ2n) is 8.26. The highest BCUT2D eigenvalue weighted by Crippen LogP contribution is 2.17. The summed E-state index contributed by atoms with van der Waals surface area (Å²) < 4.78 is 1.73. The maximum absolute atomic E-state index is 12.7. The second-order valence-corrected chi connectivity index (χ2v) is 8.26. The van der Waals surface area contributed by atoms with Crippen LogP contribution in [0.3, 0.4) is 0 Å². The number of carbonyl (C=O) groups is 1. The molecule has 0 N–H and O–H groups in total. The van der Waals surface area contributed by atoms with Crippen molar-refractivity contribution in [2.75, 3.05) is 45.2 Å². The Bertz CT molecular complexity index is 768. The van der Waals surface area contributed by atoms with E-state index in [4.69, 9.17) is 0 Å². The van der Waals surface area contributed by atoms with Crippen molar-refractivity contribution in [1.82, 2.24) is 29.8 Å². The fraction of sp³-hybridized carbons (Fsp3) is 0.579. The summed E-state index contributed by atoms with van der Waals surface area (Å²) >= 11 is 0. The van der Waals surface area contributed by atoms with Crippen molar-refractivity contribution in [3.05, 3.63) is 35.8 Å². The molecule has 1 saturated heterocycles. The standard InChI is InChI=1S/C19H29N7O/c1-19(2,3)26-14-16(21-22-26)18(27)25-10-8-24(9-11-25)17-7-6-15(12-20-17)13-23(4)5/h6-7,12,14H,8-11,13H2,1-5H3. The van der Waals surface area contributed by atoms with Crippen molar-refractivity contribution < 1.29 is 4.79 Å². The van der Waals surface area contributed by atoms with Gasteiger partial charge < -0.3 is 14.7 Å². The van der Waals surface area contributed by atoms with Crippen LogP contribution in [-0.2, 0) is 12.1 Å². The molecule has 1 aliphatic heterocycles. The first kappa shape index (κ1) is 19.3. The number of nitrogens with zero attached hydrogens (tertiary/aromatic N) is 7. The fourth-order valence-electron chi connectivity index (χ4n) is 3.05. The highest BCUT2D eigenvalue weighted by molar-refractivity contribution is 5.92. The molecule has 0 aromatic carbocycles. The van der Waals surface area contributed by atoms with Gasteiger partial charge in [0.25, 0.3) is 5.91 Å². The number of pyridine rings is 1. The molecule has 146 valence electrons. The van der Waals surface area contributed by atoms with Gasteiger partial charge in [-0.1, -0.05) is 11.3 Å². The Labute approximate surface area is 160 Å². The third-order valence-electron chi connectivity index (χ3n) is 4.60. The molecular formula is C19H29N7O. The molecule has 2 aromatic rings. The Hall–Kier alpha value is -2.48. The van der Waals surface area contributed by atoms with Crippen LogP contribution >= 0.6 is 0 Å². The molecule has 2 aromatic heterocycles. The third kappa shape index (κ3) is 4.63. The van der Waals surface area contributed by atoms with E-state index in [-0.39, 0.29) is 11.4 Å². The Kier molecular flexibility index (Phi) is 5.46. The minimum atomic E-state index is -0.186. The first-order chi connectivity index (χ1) is 12.7. The Morgan fingerprint density at radius 1 is 1.15 bits per heavy atom. The van der Waals surface area contributed by atoms with Crippen molar-refractivity contribution in [3.63, 3.8) is 0 Å². The first-order valence-corrected chi connectivity index (χ1v) is 9.31. The lowest BCUT2D eigenvalue weighted by atomic mass is 10.1. The Morgan fingerprint density at radius 3 is 2.37 bits per heavy atom. The predicted molar refractivity (Wildman–Crippen MR) is 105 cm³/mol. The van der Waals surface area contributed by atoms with Gasteiger partial charge >= 0.3 is 0 Å². The molecule has 27 heavy (non-hydrogen) atoms. The zero-order valence-electron chi connectivity index (χ0n) is 16.9. The maximum Gasteiger partial charge on any atom is 0.276 e. The minimum Gasteiger partial charge on any atom is -0.353 e. The van der Waals surface area contributed by atoms with Crippen molar-refractivity contribution in [1.29, 1.82) is 0 Å². The molecule has 3 heterocycles. The van der Waals surface area contributed by atoms with E-state index in [1.807, 2.05) is 46.0 Å². The van der Waals surface area contributed by atoms with Gasteiger partial charge in [-0.05, 0) is 46.5 Å². The van der Waals surface area contributed by atoms with E-state index in [0.717, 1.165) is 25.5 Å². The lowest BCUT2D eigenvalue weighted by molar-refractivity contribution is 0.0740. The summed E-state index contributed by atoms with van der Waals surface area (Å²) in [5, 5.41) is 8.15. The summed E-state index contributed by atoms with van der Waals surface area (Å²) in [5.74, 6) is 0.905. The van der Waals surface area contributed by atoms with Gasteiger partial charge in [0.2, 0.25) is 0 Å². The number of aromatic nitrogens is 4. The molecule has 8 heteroatoms. The molecular weight excluding hydrogens is 342 g/mol. The van der Waals surface area contributed by atoms with E-state index in [9.17, 15) is 4.79 Å². The molecule has 0 saturated carbocycles. The van der Waals surface area contributed by atoms with Gasteiger partial charge in [-0.3, -0.25) is 4.79 Å². The van der Waals surface area contributed by atoms with Gasteiger partial charge in [-0.25, -0.2) is 9.67 Å². The van der Waals surface area contributed by atoms with Crippen molar-refractivity contribution >= 4 is 11.7 Å². The summed E-state index contributed by atoms with van der Waals surface area (Å²) in [6, 6.07) is 4.18. The highest BCUT2D eigenvalue weighted by atomic mass is 16.2. The number of piperazine rings is 1. The molecule has 3 rings (SSSR count). The zero-order valence-corrected chi connectivity index (χ0v) is 16.9. The van der Waals surface area contributed by atoms with Crippen LogP contribution in [0.5, 0.6) is 0 Å². The van der Waals surface area contributed by atoms with Crippen LogP contribution in [0, 0.1) is 0 Å². The molecule has 8 nitrogen and oxygen atoms in total. The van der Waals surface area contributed by atoms with Crippen LogP contribution < -0.4 is 4.90 Å². The van der Waals surface area contributed by atoms with Gasteiger partial charge in [0, 0.05) is 38.9 Å². The van der Waals surface area contributed by atoms with Crippen molar-refractivity contribution in [2.24, 2.45) is 0 Å². The summed E-state index contributed by atoms with van der Waals surface area (Å²) in [5.41, 5.74) is 1.42. The van der Waals surface area contributed by atoms with Crippen LogP contribution in [0.4, 0.5) is 5.82 Å². The molecule has 0 aliphatic carbocycles. The fourth-order valence-corrected chi connectivity index (χ4v) is 3.05. The van der Waals surface area contributed by atoms with E-state index in [0.29, 0.717) is 18.8 Å². The lowest BCUT2D eigenvalue weighted by Crippen LogP contribution is -2.49. The molecule has 0 spiro atoms. The van der Waals surface area contributed by atoms with E-state index in [1.165, 1.54) is 5.56 Å². The van der Waals surface area contributed by atoms with Crippen LogP contribution in [0.1, 0.15) is 36.8 Å². The Balaban J connectivity index is 1.58. The molecule has 0 atom stereocenters. The molecule has 1 fully saturated rings. The number of anilines is 1. The summed E-state index contributed by atoms with van der Waals surface area (Å²) in [6.07, 6.45) is 3.66. The molecule has 1 aliphatic rings. The number of hydrogen-bond acceptors (Lipinski definition) is 6. The Morgan fingerprint density at radius 2 is 1.85 bits per heavy atom. The number of amides is 1. The van der Waals surface area contributed by atoms with Crippen LogP contribution in [0.25, 0.3) is 0 Å². The average molecular weight is 371 g/mol. The SMILES string of the molecule is CN(C)Cc1ccc(N2CCN(C(=O)c3cn(C(C)(C)C)nn3)CC2)nc1. The van der Waals surface area contributed by atoms with Crippen LogP contribution in [-0.4, -0.2) is 76.0 Å². The van der Waals surface area contributed by atoms with E-state index < -0.39 is 0 Å². The zero-order chi connectivity index (χ0) is 19.6. The normalized spacial score (nSPS) is 15.5. The molecule has 0 radical (unpaired) electrons. The quantitative estimate of drug-likeness (QED) is 0.810. The van der Waals surface area contributed by atoms with Gasteiger partial charge in [0.15, 0.2) is 5.69 Å². The maximum atomic E-state index is 12.7. The van der Waals surface area contributed by atoms with Crippen LogP contribution in [0.15, 0.2) is 24.5 Å². The van der Waals surface area contributed by atoms with Crippen molar-refractivity contribution in [2.45, 2.75) is 32.9 Å². The van der Waals surface area contributed by atoms with Gasteiger partial charge in [0.1, 0.15) is 5.82 Å². The number of rotatable bonds is 4. The summed E-state index contributed by atoms with van der Waals surface area (Å²) in [7, 11) is 4.09. The van der Waals surface area contributed by atoms with Crippen LogP contribution in [0.2, 0.25) is 0 Å². The van der Waals surface area contributed by atoms with Gasteiger partial charge in [-0.2, -0.15) is 0 Å². The van der Waals surface area contributed by atoms with Gasteiger partial charge in [0.05, 0.1) is 11.7 Å². The summed E-state index contributed by atoms with van der Waals surface area (Å²) in [4.78, 5) is 23.5. The smallest absolute Gasteiger partial charge is 0.276 e. The average Bonchev–Trinajstić information content (AvgIpc) is 3.12. The minimum absolute atomic E-state index is 0.0561. The molecule has 0 unspecified atom stereocenters. The highest BCUT2D eigenvalue weighted by Gasteiger charge is 2.26. The topological polar surface area (TPSA) is 70.4 Å². The molecule has 0 bridgehead atoms. The monoisotopic (exact) mass is 371 g/mol. The molecule has 1 amide bonds. The van der Waals surface area contributed by atoms with E-state index >= 15 is 0 Å². The number of hydrogen-bond donors (Lipinski definition) is 0. The number of carbonyl (C=O) groups excluding carboxylic acids is 1. The summed E-state index contributed by atoms with van der Waals surface area (Å²) in [6.45, 7) is 9.82. The van der Waals surface area contributed by atoms with E-state index in [1.54, 1.807) is 10.9 Å².